The van der Waals surface area contributed by atoms with E-state index >= 15 is 0 Å². The van der Waals surface area contributed by atoms with Crippen molar-refractivity contribution in [1.29, 1.82) is 0 Å². The molecule has 2 amide bonds. The van der Waals surface area contributed by atoms with Gasteiger partial charge in [0.1, 0.15) is 17.6 Å². The molecule has 1 aliphatic rings. The number of aryl methyl sites for hydroxylation is 1. The van der Waals surface area contributed by atoms with Gasteiger partial charge >= 0.3 is 0 Å². The minimum atomic E-state index is -0.644. The third-order valence-corrected chi connectivity index (χ3v) is 6.65. The van der Waals surface area contributed by atoms with E-state index in [1.807, 2.05) is 91.9 Å². The van der Waals surface area contributed by atoms with Crippen molar-refractivity contribution in [3.63, 3.8) is 0 Å². The van der Waals surface area contributed by atoms with Gasteiger partial charge < -0.3 is 20.4 Å². The topological polar surface area (TPSA) is 88.6 Å². The van der Waals surface area contributed by atoms with E-state index in [1.165, 1.54) is 0 Å². The number of furan rings is 1. The van der Waals surface area contributed by atoms with E-state index in [9.17, 15) is 9.59 Å². The maximum Gasteiger partial charge on any atom is 0.254 e. The Morgan fingerprint density at radius 1 is 1.00 bits per heavy atom. The molecule has 1 aliphatic heterocycles. The van der Waals surface area contributed by atoms with Crippen molar-refractivity contribution in [1.82, 2.24) is 4.90 Å². The summed E-state index contributed by atoms with van der Waals surface area (Å²) >= 11 is 0. The lowest BCUT2D eigenvalue weighted by molar-refractivity contribution is -0.120. The second-order valence-corrected chi connectivity index (χ2v) is 9.13. The number of hydrogen-bond acceptors (Lipinski definition) is 4. The van der Waals surface area contributed by atoms with E-state index in [0.29, 0.717) is 37.2 Å². The predicted octanol–water partition coefficient (Wildman–Crippen LogP) is 4.96. The van der Waals surface area contributed by atoms with Crippen LogP contribution in [0.2, 0.25) is 0 Å². The molecule has 36 heavy (non-hydrogen) atoms. The Morgan fingerprint density at radius 3 is 2.47 bits per heavy atom. The van der Waals surface area contributed by atoms with Gasteiger partial charge in [0, 0.05) is 36.3 Å². The highest BCUT2D eigenvalue weighted by Crippen LogP contribution is 2.26. The molecule has 1 aromatic heterocycles. The first kappa shape index (κ1) is 23.6. The Morgan fingerprint density at radius 2 is 1.78 bits per heavy atom. The van der Waals surface area contributed by atoms with E-state index in [2.05, 4.69) is 5.32 Å². The van der Waals surface area contributed by atoms with E-state index in [-0.39, 0.29) is 11.8 Å². The number of rotatable bonds is 7. The summed E-state index contributed by atoms with van der Waals surface area (Å²) in [5, 5.41) is 3.03. The molecule has 4 aromatic rings. The Hall–Kier alpha value is -4.16. The number of nitrogens with one attached hydrogen (secondary N) is 1. The molecule has 0 radical (unpaired) electrons. The van der Waals surface area contributed by atoms with Crippen molar-refractivity contribution >= 4 is 17.5 Å². The van der Waals surface area contributed by atoms with Gasteiger partial charge in [0.05, 0.1) is 0 Å². The lowest BCUT2D eigenvalue weighted by Crippen LogP contribution is -2.51. The minimum Gasteiger partial charge on any atom is -0.461 e. The minimum absolute atomic E-state index is 0.126. The molecule has 6 nitrogen and oxygen atoms in total. The molecule has 3 N–H and O–H groups in total. The Labute approximate surface area is 210 Å². The van der Waals surface area contributed by atoms with Crippen molar-refractivity contribution in [2.45, 2.75) is 32.4 Å². The van der Waals surface area contributed by atoms with Crippen LogP contribution >= 0.6 is 0 Å². The quantitative estimate of drug-likeness (QED) is 0.392. The molecule has 6 heteroatoms. The molecule has 0 bridgehead atoms. The molecule has 0 spiro atoms. The molecule has 0 saturated carbocycles. The average Bonchev–Trinajstić information content (AvgIpc) is 3.34. The van der Waals surface area contributed by atoms with Crippen LogP contribution < -0.4 is 11.1 Å². The summed E-state index contributed by atoms with van der Waals surface area (Å²) in [7, 11) is 0. The summed E-state index contributed by atoms with van der Waals surface area (Å²) < 4.78 is 5.69. The van der Waals surface area contributed by atoms with Crippen LogP contribution in [0.3, 0.4) is 0 Å². The van der Waals surface area contributed by atoms with E-state index in [1.54, 1.807) is 4.90 Å². The van der Waals surface area contributed by atoms with Crippen LogP contribution in [-0.4, -0.2) is 29.3 Å². The second-order valence-electron chi connectivity index (χ2n) is 9.13. The molecule has 0 fully saturated rings. The number of nitrogens with two attached hydrogens (primary N) is 1. The summed E-state index contributed by atoms with van der Waals surface area (Å²) in [6, 6.07) is 26.3. The van der Waals surface area contributed by atoms with E-state index < -0.39 is 6.04 Å². The lowest BCUT2D eigenvalue weighted by Gasteiger charge is -2.35. The molecular weight excluding hydrogens is 450 g/mol. The number of hydrogen-bond donors (Lipinski definition) is 2. The van der Waals surface area contributed by atoms with Gasteiger partial charge in [-0.05, 0) is 72.5 Å². The lowest BCUT2D eigenvalue weighted by atomic mass is 9.94. The van der Waals surface area contributed by atoms with Crippen LogP contribution in [0.4, 0.5) is 5.69 Å². The van der Waals surface area contributed by atoms with Crippen LogP contribution in [0.5, 0.6) is 0 Å². The number of benzene rings is 3. The van der Waals surface area contributed by atoms with Gasteiger partial charge in [0.25, 0.3) is 5.91 Å². The first-order valence-corrected chi connectivity index (χ1v) is 12.2. The van der Waals surface area contributed by atoms with Crippen molar-refractivity contribution in [3.8, 4) is 11.3 Å². The zero-order chi connectivity index (χ0) is 25.1. The van der Waals surface area contributed by atoms with Gasteiger partial charge in [-0.2, -0.15) is 0 Å². The molecule has 1 atom stereocenters. The van der Waals surface area contributed by atoms with Crippen LogP contribution in [0.15, 0.2) is 89.3 Å². The van der Waals surface area contributed by atoms with Gasteiger partial charge in [-0.1, -0.05) is 42.5 Å². The van der Waals surface area contributed by atoms with E-state index in [4.69, 9.17) is 10.2 Å². The Bertz CT molecular complexity index is 1380. The van der Waals surface area contributed by atoms with Gasteiger partial charge in [-0.3, -0.25) is 9.59 Å². The van der Waals surface area contributed by atoms with Gasteiger partial charge in [0.2, 0.25) is 5.91 Å². The third-order valence-electron chi connectivity index (χ3n) is 6.65. The average molecular weight is 480 g/mol. The third kappa shape index (κ3) is 4.95. The van der Waals surface area contributed by atoms with Crippen LogP contribution in [0, 0.1) is 6.92 Å². The fraction of sp³-hybridized carbons (Fsp3) is 0.200. The van der Waals surface area contributed by atoms with Crippen molar-refractivity contribution < 1.29 is 14.0 Å². The van der Waals surface area contributed by atoms with Gasteiger partial charge in [-0.15, -0.1) is 0 Å². The summed E-state index contributed by atoms with van der Waals surface area (Å²) in [6.45, 7) is 2.81. The maximum atomic E-state index is 13.6. The summed E-state index contributed by atoms with van der Waals surface area (Å²) in [4.78, 5) is 28.8. The summed E-state index contributed by atoms with van der Waals surface area (Å²) in [6.07, 6.45) is 1.11. The molecule has 0 aliphatic carbocycles. The number of carbonyl (C=O) groups excluding carboxylic acids is 2. The number of anilines is 1. The van der Waals surface area contributed by atoms with Crippen molar-refractivity contribution in [2.24, 2.45) is 5.73 Å². The van der Waals surface area contributed by atoms with Crippen LogP contribution in [0.1, 0.15) is 32.8 Å². The Kier molecular flexibility index (Phi) is 6.69. The number of fused-ring (bicyclic) bond motifs is 1. The largest absolute Gasteiger partial charge is 0.461 e. The predicted molar refractivity (Wildman–Crippen MR) is 141 cm³/mol. The first-order chi connectivity index (χ1) is 17.5. The number of carbonyl (C=O) groups is 2. The fourth-order valence-electron chi connectivity index (χ4n) is 4.70. The highest BCUT2D eigenvalue weighted by Gasteiger charge is 2.34. The standard InChI is InChI=1S/C30H29N3O3/c1-20-7-14-28(36-20)23-9-11-25(12-10-23)32-29(34)27(18-21-5-3-2-4-6-21)33-16-15-24-17-22(19-31)8-13-26(24)30(33)35/h2-14,17,27H,15-16,18-19,31H2,1H3,(H,32,34). The van der Waals surface area contributed by atoms with Gasteiger partial charge in [-0.25, -0.2) is 0 Å². The number of nitrogens with zero attached hydrogens (tertiary/aromatic N) is 1. The zero-order valence-electron chi connectivity index (χ0n) is 20.2. The molecule has 0 saturated heterocycles. The normalized spacial score (nSPS) is 13.8. The van der Waals surface area contributed by atoms with Crippen LogP contribution in [0.25, 0.3) is 11.3 Å². The van der Waals surface area contributed by atoms with Crippen LogP contribution in [-0.2, 0) is 24.2 Å². The smallest absolute Gasteiger partial charge is 0.254 e. The summed E-state index contributed by atoms with van der Waals surface area (Å²) in [5.41, 5.74) is 11.0. The molecule has 1 unspecified atom stereocenters. The second kappa shape index (κ2) is 10.2. The molecule has 2 heterocycles. The molecule has 5 rings (SSSR count). The highest BCUT2D eigenvalue weighted by molar-refractivity contribution is 6.02. The first-order valence-electron chi connectivity index (χ1n) is 12.2. The zero-order valence-corrected chi connectivity index (χ0v) is 20.2. The van der Waals surface area contributed by atoms with Crippen molar-refractivity contribution in [3.05, 3.63) is 113 Å². The Balaban J connectivity index is 1.39. The van der Waals surface area contributed by atoms with Gasteiger partial charge in [0.15, 0.2) is 0 Å². The molecule has 3 aromatic carbocycles. The summed E-state index contributed by atoms with van der Waals surface area (Å²) in [5.74, 6) is 1.29. The monoisotopic (exact) mass is 479 g/mol. The van der Waals surface area contributed by atoms with E-state index in [0.717, 1.165) is 33.8 Å². The SMILES string of the molecule is Cc1ccc(-c2ccc(NC(=O)C(Cc3ccccc3)N3CCc4cc(CN)ccc4C3=O)cc2)o1. The maximum absolute atomic E-state index is 13.6. The van der Waals surface area contributed by atoms with Crippen molar-refractivity contribution in [2.75, 3.05) is 11.9 Å². The number of amides is 2. The highest BCUT2D eigenvalue weighted by atomic mass is 16.3. The fourth-order valence-corrected chi connectivity index (χ4v) is 4.70. The molecular formula is C30H29N3O3. The molecule has 182 valence electrons.